The summed E-state index contributed by atoms with van der Waals surface area (Å²) in [6.45, 7) is 17.0. The predicted molar refractivity (Wildman–Crippen MR) is 87.7 cm³/mol. The van der Waals surface area contributed by atoms with E-state index in [4.69, 9.17) is 20.4 Å². The third kappa shape index (κ3) is 98.1. The molecular weight excluding hydrogens is 308 g/mol. The summed E-state index contributed by atoms with van der Waals surface area (Å²) in [5, 5.41) is 32.6. The first kappa shape index (κ1) is 33.1. The maximum Gasteiger partial charge on any atom is 2.00 e. The van der Waals surface area contributed by atoms with E-state index in [2.05, 4.69) is 0 Å². The van der Waals surface area contributed by atoms with E-state index in [0.717, 1.165) is 0 Å². The molecule has 5 heteroatoms. The predicted octanol–water partition coefficient (Wildman–Crippen LogP) is 2.54. The zero-order valence-electron chi connectivity index (χ0n) is 15.3. The maximum absolute atomic E-state index is 8.14. The summed E-state index contributed by atoms with van der Waals surface area (Å²) in [7, 11) is 0. The van der Waals surface area contributed by atoms with Gasteiger partial charge in [-0.05, 0) is 23.7 Å². The zero-order valence-corrected chi connectivity index (χ0v) is 16.6. The molecule has 0 saturated carbocycles. The standard InChI is InChI=1S/4C4H10O.Cr/c4*1-4(2)3-5;/h4*4-5H,3H2,1-2H3;/q;;;;+2. The van der Waals surface area contributed by atoms with Gasteiger partial charge in [0, 0.05) is 26.4 Å². The largest absolute Gasteiger partial charge is 2.00 e. The van der Waals surface area contributed by atoms with Crippen LogP contribution in [0.4, 0.5) is 0 Å². The first-order valence-corrected chi connectivity index (χ1v) is 7.52. The number of aliphatic hydroxyl groups is 4. The monoisotopic (exact) mass is 348 g/mol. The van der Waals surface area contributed by atoms with E-state index in [1.807, 2.05) is 55.4 Å². The van der Waals surface area contributed by atoms with Gasteiger partial charge in [-0.1, -0.05) is 55.4 Å². The molecule has 0 bridgehead atoms. The van der Waals surface area contributed by atoms with Crippen molar-refractivity contribution in [2.75, 3.05) is 26.4 Å². The van der Waals surface area contributed by atoms with Gasteiger partial charge in [-0.3, -0.25) is 0 Å². The molecule has 4 nitrogen and oxygen atoms in total. The van der Waals surface area contributed by atoms with Gasteiger partial charge in [0.25, 0.3) is 0 Å². The van der Waals surface area contributed by atoms with Crippen LogP contribution in [0.25, 0.3) is 0 Å². The first-order valence-electron chi connectivity index (χ1n) is 7.52. The van der Waals surface area contributed by atoms with E-state index in [9.17, 15) is 0 Å². The Balaban J connectivity index is -0.0000000533. The molecule has 0 rings (SSSR count). The summed E-state index contributed by atoms with van der Waals surface area (Å²) >= 11 is 0. The molecule has 0 aliphatic rings. The number of hydrogen-bond donors (Lipinski definition) is 4. The van der Waals surface area contributed by atoms with Gasteiger partial charge in [-0.25, -0.2) is 0 Å². The summed E-state index contributed by atoms with van der Waals surface area (Å²) in [5.74, 6) is 1.76. The molecule has 0 unspecified atom stereocenters. The van der Waals surface area contributed by atoms with E-state index in [0.29, 0.717) is 50.1 Å². The molecule has 0 saturated heterocycles. The summed E-state index contributed by atoms with van der Waals surface area (Å²) in [6, 6.07) is 0. The van der Waals surface area contributed by atoms with Crippen molar-refractivity contribution in [3.05, 3.63) is 0 Å². The van der Waals surface area contributed by atoms with E-state index in [1.54, 1.807) is 0 Å². The summed E-state index contributed by atoms with van der Waals surface area (Å²) in [6.07, 6.45) is 0. The fraction of sp³-hybridized carbons (Fsp3) is 1.00. The molecule has 21 heavy (non-hydrogen) atoms. The van der Waals surface area contributed by atoms with Gasteiger partial charge in [-0.2, -0.15) is 0 Å². The minimum Gasteiger partial charge on any atom is -0.396 e. The Bertz CT molecular complexity index is 108. The quantitative estimate of drug-likeness (QED) is 0.629. The fourth-order valence-electron chi connectivity index (χ4n) is 0. The van der Waals surface area contributed by atoms with Crippen molar-refractivity contribution in [1.82, 2.24) is 0 Å². The third-order valence-corrected chi connectivity index (χ3v) is 1.46. The van der Waals surface area contributed by atoms with E-state index in [1.165, 1.54) is 0 Å². The Morgan fingerprint density at radius 1 is 0.429 bits per heavy atom. The SMILES string of the molecule is CC(C)CO.CC(C)CO.CC(C)CO.CC(C)CO.[Cr+2]. The van der Waals surface area contributed by atoms with Crippen LogP contribution in [0.2, 0.25) is 0 Å². The molecule has 0 aliphatic carbocycles. The molecular formula is C16H40CrO4+2. The van der Waals surface area contributed by atoms with Crippen molar-refractivity contribution in [2.24, 2.45) is 23.7 Å². The summed E-state index contributed by atoms with van der Waals surface area (Å²) in [5.41, 5.74) is 0. The van der Waals surface area contributed by atoms with Crippen LogP contribution in [0, 0.1) is 23.7 Å². The van der Waals surface area contributed by atoms with E-state index in [-0.39, 0.29) is 17.4 Å². The van der Waals surface area contributed by atoms with Gasteiger partial charge in [0.2, 0.25) is 0 Å². The molecule has 0 aromatic rings. The minimum atomic E-state index is 0. The number of hydrogen-bond acceptors (Lipinski definition) is 4. The molecule has 132 valence electrons. The Kier molecular flexibility index (Phi) is 44.9. The molecule has 0 atom stereocenters. The zero-order chi connectivity index (χ0) is 17.1. The van der Waals surface area contributed by atoms with Crippen LogP contribution in [0.1, 0.15) is 55.4 Å². The van der Waals surface area contributed by atoms with Crippen LogP contribution in [0.5, 0.6) is 0 Å². The second kappa shape index (κ2) is 28.5. The molecule has 0 radical (unpaired) electrons. The Morgan fingerprint density at radius 3 is 0.476 bits per heavy atom. The van der Waals surface area contributed by atoms with Crippen LogP contribution in [-0.2, 0) is 17.4 Å². The summed E-state index contributed by atoms with van der Waals surface area (Å²) < 4.78 is 0. The van der Waals surface area contributed by atoms with E-state index >= 15 is 0 Å². The third-order valence-electron chi connectivity index (χ3n) is 1.46. The van der Waals surface area contributed by atoms with Crippen LogP contribution in [0.3, 0.4) is 0 Å². The van der Waals surface area contributed by atoms with Gasteiger partial charge < -0.3 is 20.4 Å². The van der Waals surface area contributed by atoms with Gasteiger partial charge in [-0.15, -0.1) is 0 Å². The molecule has 0 aromatic carbocycles. The number of rotatable bonds is 4. The van der Waals surface area contributed by atoms with Crippen molar-refractivity contribution < 1.29 is 37.8 Å². The second-order valence-electron chi connectivity index (χ2n) is 6.31. The minimum absolute atomic E-state index is 0. The van der Waals surface area contributed by atoms with Crippen molar-refractivity contribution in [3.8, 4) is 0 Å². The summed E-state index contributed by atoms with van der Waals surface area (Å²) in [4.78, 5) is 0. The van der Waals surface area contributed by atoms with Crippen molar-refractivity contribution in [1.29, 1.82) is 0 Å². The van der Waals surface area contributed by atoms with Gasteiger partial charge in [0.1, 0.15) is 0 Å². The molecule has 0 spiro atoms. The van der Waals surface area contributed by atoms with Crippen molar-refractivity contribution >= 4 is 0 Å². The molecule has 4 N–H and O–H groups in total. The van der Waals surface area contributed by atoms with Gasteiger partial charge in [0.15, 0.2) is 0 Å². The molecule has 0 heterocycles. The van der Waals surface area contributed by atoms with Crippen LogP contribution < -0.4 is 0 Å². The van der Waals surface area contributed by atoms with E-state index < -0.39 is 0 Å². The molecule has 0 fully saturated rings. The van der Waals surface area contributed by atoms with Gasteiger partial charge in [0.05, 0.1) is 0 Å². The average Bonchev–Trinajstić information content (AvgIpc) is 2.40. The molecule has 0 aliphatic heterocycles. The Hall–Kier alpha value is 0.372. The topological polar surface area (TPSA) is 80.9 Å². The maximum atomic E-state index is 8.14. The average molecular weight is 348 g/mol. The number of aliphatic hydroxyl groups excluding tert-OH is 4. The van der Waals surface area contributed by atoms with Crippen molar-refractivity contribution in [3.63, 3.8) is 0 Å². The van der Waals surface area contributed by atoms with Crippen molar-refractivity contribution in [2.45, 2.75) is 55.4 Å². The molecule has 0 aromatic heterocycles. The van der Waals surface area contributed by atoms with Gasteiger partial charge >= 0.3 is 17.4 Å². The van der Waals surface area contributed by atoms with Crippen LogP contribution >= 0.6 is 0 Å². The Morgan fingerprint density at radius 2 is 0.476 bits per heavy atom. The normalized spacial score (nSPS) is 9.14. The second-order valence-corrected chi connectivity index (χ2v) is 6.31. The fourth-order valence-corrected chi connectivity index (χ4v) is 0. The molecule has 0 amide bonds. The first-order chi connectivity index (χ1) is 9.08. The Labute approximate surface area is 143 Å². The van der Waals surface area contributed by atoms with Crippen LogP contribution in [0.15, 0.2) is 0 Å². The van der Waals surface area contributed by atoms with Crippen LogP contribution in [-0.4, -0.2) is 46.9 Å². The smallest absolute Gasteiger partial charge is 0.396 e.